The standard InChI is InChI=1S/C16H18N2O3/c1-18(10-11-19)16(20)17-13-6-5-9-15(12-13)21-14-7-3-2-4-8-14/h2-9,12,19H,10-11H2,1H3,(H,17,20). The zero-order chi connectivity index (χ0) is 15.1. The monoisotopic (exact) mass is 286 g/mol. The summed E-state index contributed by atoms with van der Waals surface area (Å²) in [4.78, 5) is 13.2. The lowest BCUT2D eigenvalue weighted by atomic mass is 10.3. The van der Waals surface area contributed by atoms with Crippen LogP contribution in [0.2, 0.25) is 0 Å². The van der Waals surface area contributed by atoms with Gasteiger partial charge in [-0.1, -0.05) is 24.3 Å². The van der Waals surface area contributed by atoms with Gasteiger partial charge in [-0.05, 0) is 24.3 Å². The van der Waals surface area contributed by atoms with E-state index in [-0.39, 0.29) is 19.2 Å². The average Bonchev–Trinajstić information content (AvgIpc) is 2.49. The predicted molar refractivity (Wildman–Crippen MR) is 81.7 cm³/mol. The molecule has 2 aromatic carbocycles. The van der Waals surface area contributed by atoms with Gasteiger partial charge in [-0.2, -0.15) is 0 Å². The molecule has 0 aliphatic rings. The SMILES string of the molecule is CN(CCO)C(=O)Nc1cccc(Oc2ccccc2)c1. The third kappa shape index (κ3) is 4.50. The Kier molecular flexibility index (Phi) is 5.17. The number of nitrogens with one attached hydrogen (secondary N) is 1. The number of para-hydroxylation sites is 1. The number of hydrogen-bond donors (Lipinski definition) is 2. The van der Waals surface area contributed by atoms with Crippen molar-refractivity contribution in [1.82, 2.24) is 4.90 Å². The molecule has 0 heterocycles. The summed E-state index contributed by atoms with van der Waals surface area (Å²) < 4.78 is 5.70. The highest BCUT2D eigenvalue weighted by atomic mass is 16.5. The Balaban J connectivity index is 2.02. The maximum Gasteiger partial charge on any atom is 0.321 e. The summed E-state index contributed by atoms with van der Waals surface area (Å²) in [6.07, 6.45) is 0. The van der Waals surface area contributed by atoms with Crippen LogP contribution in [-0.2, 0) is 0 Å². The van der Waals surface area contributed by atoms with Crippen LogP contribution in [0.25, 0.3) is 0 Å². The summed E-state index contributed by atoms with van der Waals surface area (Å²) in [6.45, 7) is 0.215. The van der Waals surface area contributed by atoms with Gasteiger partial charge in [-0.3, -0.25) is 0 Å². The maximum absolute atomic E-state index is 11.8. The number of likely N-dealkylation sites (N-methyl/N-ethyl adjacent to an activating group) is 1. The van der Waals surface area contributed by atoms with Crippen LogP contribution in [0, 0.1) is 0 Å². The number of carbonyl (C=O) groups excluding carboxylic acids is 1. The van der Waals surface area contributed by atoms with E-state index in [2.05, 4.69) is 5.32 Å². The van der Waals surface area contributed by atoms with Gasteiger partial charge in [0.1, 0.15) is 11.5 Å². The molecule has 110 valence electrons. The molecule has 0 fully saturated rings. The zero-order valence-corrected chi connectivity index (χ0v) is 11.8. The lowest BCUT2D eigenvalue weighted by molar-refractivity contribution is 0.202. The Hall–Kier alpha value is -2.53. The van der Waals surface area contributed by atoms with Crippen molar-refractivity contribution in [1.29, 1.82) is 0 Å². The van der Waals surface area contributed by atoms with Crippen molar-refractivity contribution in [3.05, 3.63) is 54.6 Å². The molecule has 2 aromatic rings. The van der Waals surface area contributed by atoms with E-state index in [4.69, 9.17) is 9.84 Å². The number of hydrogen-bond acceptors (Lipinski definition) is 3. The van der Waals surface area contributed by atoms with Gasteiger partial charge in [-0.15, -0.1) is 0 Å². The van der Waals surface area contributed by atoms with Crippen LogP contribution >= 0.6 is 0 Å². The number of aliphatic hydroxyl groups excluding tert-OH is 1. The Morgan fingerprint density at radius 1 is 1.14 bits per heavy atom. The molecular formula is C16H18N2O3. The second-order valence-corrected chi connectivity index (χ2v) is 4.52. The summed E-state index contributed by atoms with van der Waals surface area (Å²) >= 11 is 0. The molecular weight excluding hydrogens is 268 g/mol. The molecule has 5 heteroatoms. The zero-order valence-electron chi connectivity index (χ0n) is 11.8. The fraction of sp³-hybridized carbons (Fsp3) is 0.188. The fourth-order valence-electron chi connectivity index (χ4n) is 1.73. The first-order valence-electron chi connectivity index (χ1n) is 6.65. The topological polar surface area (TPSA) is 61.8 Å². The quantitative estimate of drug-likeness (QED) is 0.888. The molecule has 0 saturated heterocycles. The van der Waals surface area contributed by atoms with Gasteiger partial charge in [0, 0.05) is 25.3 Å². The summed E-state index contributed by atoms with van der Waals surface area (Å²) in [7, 11) is 1.62. The van der Waals surface area contributed by atoms with Crippen molar-refractivity contribution in [3.8, 4) is 11.5 Å². The molecule has 2 rings (SSSR count). The second kappa shape index (κ2) is 7.31. The van der Waals surface area contributed by atoms with E-state index in [1.54, 1.807) is 25.2 Å². The number of amides is 2. The molecule has 2 N–H and O–H groups in total. The van der Waals surface area contributed by atoms with Crippen LogP contribution in [0.4, 0.5) is 10.5 Å². The van der Waals surface area contributed by atoms with Crippen molar-refractivity contribution in [2.75, 3.05) is 25.5 Å². The van der Waals surface area contributed by atoms with Gasteiger partial charge in [0.2, 0.25) is 0 Å². The number of ether oxygens (including phenoxy) is 1. The summed E-state index contributed by atoms with van der Waals surface area (Å²) in [5.41, 5.74) is 0.637. The minimum absolute atomic E-state index is 0.0684. The average molecular weight is 286 g/mol. The molecule has 0 radical (unpaired) electrons. The van der Waals surface area contributed by atoms with Crippen LogP contribution in [-0.4, -0.2) is 36.2 Å². The predicted octanol–water partition coefficient (Wildman–Crippen LogP) is 2.93. The number of anilines is 1. The van der Waals surface area contributed by atoms with Crippen LogP contribution in [0.15, 0.2) is 54.6 Å². The number of carbonyl (C=O) groups is 1. The van der Waals surface area contributed by atoms with Gasteiger partial charge < -0.3 is 20.1 Å². The smallest absolute Gasteiger partial charge is 0.321 e. The lowest BCUT2D eigenvalue weighted by Crippen LogP contribution is -2.33. The summed E-state index contributed by atoms with van der Waals surface area (Å²) in [5, 5.41) is 11.6. The van der Waals surface area contributed by atoms with Gasteiger partial charge in [0.25, 0.3) is 0 Å². The molecule has 0 atom stereocenters. The Labute approximate surface area is 123 Å². The normalized spacial score (nSPS) is 10.0. The summed E-state index contributed by atoms with van der Waals surface area (Å²) in [5.74, 6) is 1.38. The first-order chi connectivity index (χ1) is 10.2. The minimum atomic E-state index is -0.277. The lowest BCUT2D eigenvalue weighted by Gasteiger charge is -2.16. The van der Waals surface area contributed by atoms with Crippen LogP contribution in [0.3, 0.4) is 0 Å². The Morgan fingerprint density at radius 3 is 2.57 bits per heavy atom. The van der Waals surface area contributed by atoms with Crippen LogP contribution in [0.1, 0.15) is 0 Å². The van der Waals surface area contributed by atoms with E-state index in [1.807, 2.05) is 36.4 Å². The van der Waals surface area contributed by atoms with Gasteiger partial charge >= 0.3 is 6.03 Å². The highest BCUT2D eigenvalue weighted by molar-refractivity contribution is 5.89. The van der Waals surface area contributed by atoms with Crippen molar-refractivity contribution in [3.63, 3.8) is 0 Å². The number of aliphatic hydroxyl groups is 1. The number of rotatable bonds is 5. The van der Waals surface area contributed by atoms with E-state index in [1.165, 1.54) is 4.90 Å². The molecule has 21 heavy (non-hydrogen) atoms. The van der Waals surface area contributed by atoms with Gasteiger partial charge in [0.15, 0.2) is 0 Å². The van der Waals surface area contributed by atoms with E-state index in [0.717, 1.165) is 5.75 Å². The fourth-order valence-corrected chi connectivity index (χ4v) is 1.73. The van der Waals surface area contributed by atoms with Crippen molar-refractivity contribution >= 4 is 11.7 Å². The van der Waals surface area contributed by atoms with Crippen LogP contribution in [0.5, 0.6) is 11.5 Å². The van der Waals surface area contributed by atoms with E-state index in [9.17, 15) is 4.79 Å². The molecule has 0 aliphatic heterocycles. The third-order valence-electron chi connectivity index (χ3n) is 2.85. The van der Waals surface area contributed by atoms with E-state index in [0.29, 0.717) is 11.4 Å². The first kappa shape index (κ1) is 14.9. The molecule has 5 nitrogen and oxygen atoms in total. The van der Waals surface area contributed by atoms with Gasteiger partial charge in [-0.25, -0.2) is 4.79 Å². The minimum Gasteiger partial charge on any atom is -0.457 e. The van der Waals surface area contributed by atoms with E-state index >= 15 is 0 Å². The summed E-state index contributed by atoms with van der Waals surface area (Å²) in [6, 6.07) is 16.3. The number of urea groups is 1. The largest absolute Gasteiger partial charge is 0.457 e. The molecule has 0 unspecified atom stereocenters. The molecule has 0 aromatic heterocycles. The maximum atomic E-state index is 11.8. The Bertz CT molecular complexity index is 587. The highest BCUT2D eigenvalue weighted by Crippen LogP contribution is 2.23. The Morgan fingerprint density at radius 2 is 1.86 bits per heavy atom. The molecule has 0 saturated carbocycles. The van der Waals surface area contributed by atoms with Crippen molar-refractivity contribution < 1.29 is 14.6 Å². The van der Waals surface area contributed by atoms with Gasteiger partial charge in [0.05, 0.1) is 6.61 Å². The van der Waals surface area contributed by atoms with Crippen molar-refractivity contribution in [2.24, 2.45) is 0 Å². The number of nitrogens with zero attached hydrogens (tertiary/aromatic N) is 1. The first-order valence-corrected chi connectivity index (χ1v) is 6.65. The molecule has 0 aliphatic carbocycles. The van der Waals surface area contributed by atoms with Crippen molar-refractivity contribution in [2.45, 2.75) is 0 Å². The molecule has 0 bridgehead atoms. The highest BCUT2D eigenvalue weighted by Gasteiger charge is 2.08. The number of benzene rings is 2. The van der Waals surface area contributed by atoms with E-state index < -0.39 is 0 Å². The molecule has 0 spiro atoms. The molecule has 2 amide bonds. The second-order valence-electron chi connectivity index (χ2n) is 4.52. The third-order valence-corrected chi connectivity index (χ3v) is 2.85. The van der Waals surface area contributed by atoms with Crippen LogP contribution < -0.4 is 10.1 Å².